The lowest BCUT2D eigenvalue weighted by molar-refractivity contribution is 0.603. The van der Waals surface area contributed by atoms with E-state index in [0.29, 0.717) is 33.7 Å². The average molecular weight is 412 g/mol. The Hall–Kier alpha value is -2.97. The summed E-state index contributed by atoms with van der Waals surface area (Å²) in [5.41, 5.74) is 2.30. The quantitative estimate of drug-likeness (QED) is 0.553. The Morgan fingerprint density at radius 3 is 2.54 bits per heavy atom. The number of aromatic nitrogens is 2. The van der Waals surface area contributed by atoms with Crippen LogP contribution in [-0.2, 0) is 10.0 Å². The van der Waals surface area contributed by atoms with Crippen LogP contribution < -0.4 is 10.3 Å². The van der Waals surface area contributed by atoms with Gasteiger partial charge in [0, 0.05) is 0 Å². The van der Waals surface area contributed by atoms with Gasteiger partial charge in [0.15, 0.2) is 0 Å². The van der Waals surface area contributed by atoms with E-state index in [1.165, 1.54) is 4.57 Å². The topological polar surface area (TPSA) is 81.1 Å². The molecule has 4 rings (SSSR count). The number of nitrogens with one attached hydrogen (secondary N) is 1. The highest BCUT2D eigenvalue weighted by Crippen LogP contribution is 2.24. The van der Waals surface area contributed by atoms with Gasteiger partial charge in [0.2, 0.25) is 0 Å². The molecule has 28 heavy (non-hydrogen) atoms. The van der Waals surface area contributed by atoms with Gasteiger partial charge in [-0.15, -0.1) is 11.3 Å². The summed E-state index contributed by atoms with van der Waals surface area (Å²) in [6.45, 7) is 3.57. The maximum Gasteiger partial charge on any atom is 0.271 e. The molecule has 8 heteroatoms. The summed E-state index contributed by atoms with van der Waals surface area (Å²) in [6.07, 6.45) is 0. The lowest BCUT2D eigenvalue weighted by Crippen LogP contribution is -2.22. The highest BCUT2D eigenvalue weighted by atomic mass is 32.2. The molecule has 0 atom stereocenters. The smallest absolute Gasteiger partial charge is 0.271 e. The maximum absolute atomic E-state index is 12.9. The minimum absolute atomic E-state index is 0.158. The highest BCUT2D eigenvalue weighted by Gasteiger charge is 2.17. The Balaban J connectivity index is 1.77. The second-order valence-electron chi connectivity index (χ2n) is 6.35. The molecule has 0 bridgehead atoms. The molecule has 4 aromatic rings. The fraction of sp³-hybridized carbons (Fsp3) is 0.100. The fourth-order valence-corrected chi connectivity index (χ4v) is 5.18. The average Bonchev–Trinajstić information content (AvgIpc) is 3.20. The molecule has 0 spiro atoms. The highest BCUT2D eigenvalue weighted by molar-refractivity contribution is 7.94. The predicted molar refractivity (Wildman–Crippen MR) is 112 cm³/mol. The zero-order chi connectivity index (χ0) is 19.9. The minimum Gasteiger partial charge on any atom is -0.279 e. The molecule has 0 saturated heterocycles. The number of hydrogen-bond acceptors (Lipinski definition) is 5. The van der Waals surface area contributed by atoms with Gasteiger partial charge in [0.1, 0.15) is 10.0 Å². The van der Waals surface area contributed by atoms with E-state index in [2.05, 4.69) is 9.71 Å². The molecule has 0 radical (unpaired) electrons. The van der Waals surface area contributed by atoms with E-state index < -0.39 is 10.0 Å². The number of rotatable bonds is 4. The van der Waals surface area contributed by atoms with Crippen LogP contribution in [0.2, 0.25) is 0 Å². The largest absolute Gasteiger partial charge is 0.279 e. The molecule has 6 nitrogen and oxygen atoms in total. The first-order chi connectivity index (χ1) is 13.4. The van der Waals surface area contributed by atoms with Crippen LogP contribution in [-0.4, -0.2) is 18.0 Å². The van der Waals surface area contributed by atoms with Crippen molar-refractivity contribution in [3.63, 3.8) is 0 Å². The van der Waals surface area contributed by atoms with Gasteiger partial charge in [-0.1, -0.05) is 18.2 Å². The molecule has 0 aliphatic carbocycles. The Kier molecular flexibility index (Phi) is 4.52. The monoisotopic (exact) mass is 411 g/mol. The third kappa shape index (κ3) is 3.21. The van der Waals surface area contributed by atoms with Crippen molar-refractivity contribution in [3.05, 3.63) is 81.7 Å². The van der Waals surface area contributed by atoms with Crippen LogP contribution in [0, 0.1) is 13.8 Å². The first-order valence-corrected chi connectivity index (χ1v) is 10.9. The number of nitrogens with zero attached hydrogens (tertiary/aromatic N) is 2. The second-order valence-corrected chi connectivity index (χ2v) is 9.21. The Morgan fingerprint density at radius 1 is 1.04 bits per heavy atom. The summed E-state index contributed by atoms with van der Waals surface area (Å²) in [5, 5.41) is 2.25. The van der Waals surface area contributed by atoms with Gasteiger partial charge in [-0.25, -0.2) is 13.4 Å². The van der Waals surface area contributed by atoms with Crippen molar-refractivity contribution in [2.75, 3.05) is 4.72 Å². The third-order valence-electron chi connectivity index (χ3n) is 4.42. The molecule has 0 unspecified atom stereocenters. The predicted octanol–water partition coefficient (Wildman–Crippen LogP) is 3.86. The number of fused-ring (bicyclic) bond motifs is 1. The van der Waals surface area contributed by atoms with E-state index in [1.807, 2.05) is 12.1 Å². The van der Waals surface area contributed by atoms with E-state index in [4.69, 9.17) is 0 Å². The third-order valence-corrected chi connectivity index (χ3v) is 7.18. The van der Waals surface area contributed by atoms with Gasteiger partial charge in [-0.05, 0) is 61.2 Å². The zero-order valence-electron chi connectivity index (χ0n) is 15.2. The molecule has 142 valence electrons. The molecule has 1 N–H and O–H groups in total. The van der Waals surface area contributed by atoms with Crippen molar-refractivity contribution in [2.45, 2.75) is 18.1 Å². The Morgan fingerprint density at radius 2 is 1.82 bits per heavy atom. The van der Waals surface area contributed by atoms with E-state index in [1.54, 1.807) is 61.7 Å². The number of para-hydroxylation sites is 1. The van der Waals surface area contributed by atoms with Crippen molar-refractivity contribution < 1.29 is 8.42 Å². The lowest BCUT2D eigenvalue weighted by Gasteiger charge is -2.14. The van der Waals surface area contributed by atoms with E-state index in [0.717, 1.165) is 11.3 Å². The maximum atomic E-state index is 12.9. The molecule has 0 aliphatic heterocycles. The summed E-state index contributed by atoms with van der Waals surface area (Å²) in [4.78, 5) is 17.5. The molecule has 2 aromatic carbocycles. The van der Waals surface area contributed by atoms with Crippen molar-refractivity contribution >= 4 is 38.0 Å². The molecular weight excluding hydrogens is 394 g/mol. The molecule has 2 heterocycles. The van der Waals surface area contributed by atoms with E-state index in [9.17, 15) is 13.2 Å². The SMILES string of the molecule is Cc1cc(-n2c(C)nc3ccccc3c2=O)ccc1NS(=O)(=O)c1cccs1. The van der Waals surface area contributed by atoms with Gasteiger partial charge < -0.3 is 0 Å². The van der Waals surface area contributed by atoms with Crippen LogP contribution in [0.15, 0.2) is 69.0 Å². The molecule has 0 aliphatic rings. The van der Waals surface area contributed by atoms with Crippen LogP contribution in [0.3, 0.4) is 0 Å². The molecular formula is C20H17N3O3S2. The number of benzene rings is 2. The van der Waals surface area contributed by atoms with Crippen molar-refractivity contribution in [2.24, 2.45) is 0 Å². The Labute approximate surface area is 166 Å². The molecule has 2 aromatic heterocycles. The summed E-state index contributed by atoms with van der Waals surface area (Å²) in [6, 6.07) is 15.6. The second kappa shape index (κ2) is 6.88. The number of sulfonamides is 1. The van der Waals surface area contributed by atoms with Crippen molar-refractivity contribution in [1.29, 1.82) is 0 Å². The van der Waals surface area contributed by atoms with Crippen molar-refractivity contribution in [3.8, 4) is 5.69 Å². The van der Waals surface area contributed by atoms with Gasteiger partial charge in [-0.3, -0.25) is 14.1 Å². The Bertz CT molecular complexity index is 1340. The molecule has 0 fully saturated rings. The number of thiophene rings is 1. The van der Waals surface area contributed by atoms with Crippen molar-refractivity contribution in [1.82, 2.24) is 9.55 Å². The van der Waals surface area contributed by atoms with Gasteiger partial charge in [-0.2, -0.15) is 0 Å². The lowest BCUT2D eigenvalue weighted by atomic mass is 10.1. The van der Waals surface area contributed by atoms with Crippen LogP contribution >= 0.6 is 11.3 Å². The number of anilines is 1. The summed E-state index contributed by atoms with van der Waals surface area (Å²) in [5.74, 6) is 0.565. The molecule has 0 saturated carbocycles. The zero-order valence-corrected chi connectivity index (χ0v) is 16.8. The summed E-state index contributed by atoms with van der Waals surface area (Å²) >= 11 is 1.16. The minimum atomic E-state index is -3.63. The summed E-state index contributed by atoms with van der Waals surface area (Å²) < 4.78 is 29.3. The van der Waals surface area contributed by atoms with Gasteiger partial charge >= 0.3 is 0 Å². The number of aryl methyl sites for hydroxylation is 2. The van der Waals surface area contributed by atoms with Crippen LogP contribution in [0.25, 0.3) is 16.6 Å². The van der Waals surface area contributed by atoms with Crippen LogP contribution in [0.5, 0.6) is 0 Å². The summed E-state index contributed by atoms with van der Waals surface area (Å²) in [7, 11) is -3.63. The normalized spacial score (nSPS) is 11.6. The van der Waals surface area contributed by atoms with E-state index in [-0.39, 0.29) is 9.77 Å². The first-order valence-electron chi connectivity index (χ1n) is 8.52. The first kappa shape index (κ1) is 18.4. The van der Waals surface area contributed by atoms with Gasteiger partial charge in [0.25, 0.3) is 15.6 Å². The molecule has 0 amide bonds. The standard InChI is InChI=1S/C20H17N3O3S2/c1-13-12-15(9-10-17(13)22-28(25,26)19-8-5-11-27-19)23-14(2)21-18-7-4-3-6-16(18)20(23)24/h3-12,22H,1-2H3. The van der Waals surface area contributed by atoms with E-state index >= 15 is 0 Å². The fourth-order valence-electron chi connectivity index (χ4n) is 3.06. The number of hydrogen-bond donors (Lipinski definition) is 1. The van der Waals surface area contributed by atoms with Crippen LogP contribution in [0.4, 0.5) is 5.69 Å². The van der Waals surface area contributed by atoms with Crippen LogP contribution in [0.1, 0.15) is 11.4 Å². The van der Waals surface area contributed by atoms with Gasteiger partial charge in [0.05, 0.1) is 22.3 Å².